The number of aromatic amines is 1. The first kappa shape index (κ1) is 53.3. The molecule has 9 rings (SSSR count). The number of carbonyl (C=O) groups excluding carboxylic acids is 4. The molecule has 3 aliphatic rings. The molecule has 0 bridgehead atoms. The molecule has 4 amide bonds. The maximum atomic E-state index is 15.7. The average Bonchev–Trinajstić information content (AvgIpc) is 3.81. The van der Waals surface area contributed by atoms with Gasteiger partial charge in [-0.2, -0.15) is 5.10 Å². The van der Waals surface area contributed by atoms with Gasteiger partial charge in [0.2, 0.25) is 17.7 Å². The molecule has 0 spiro atoms. The zero-order valence-corrected chi connectivity index (χ0v) is 44.8. The number of aromatic nitrogens is 6. The van der Waals surface area contributed by atoms with Crippen LogP contribution >= 0.6 is 11.3 Å². The van der Waals surface area contributed by atoms with Crippen molar-refractivity contribution < 1.29 is 23.6 Å². The third kappa shape index (κ3) is 13.5. The van der Waals surface area contributed by atoms with E-state index in [4.69, 9.17) is 4.98 Å². The summed E-state index contributed by atoms with van der Waals surface area (Å²) in [7, 11) is 0. The third-order valence-corrected chi connectivity index (χ3v) is 16.0. The standard InChI is InChI=1S/C57H73FN12O4S/c1-38-50(75-37-61-38)41-19-17-39(18-20-41)32-60-54(72)47-15-14-26-69(47)56(74)51(57(2,3)4)66-49(71)16-12-10-8-6-5-7-9-11-13-25-67-27-29-68(30-28-67)55(73)42-23-24-45(44(58)31-42)64-52-53-59-35-48(43-33-62-63-34-43)70(53)36-46(65-52)40-21-22-40/h17-20,23-24,31,33-37,40,47,51H,5-16,21-22,25-30,32H2,1-4H3,(H,60,72)(H,62,63)(H,64,65)(H,66,71)/t47-,51+/m0/s1. The van der Waals surface area contributed by atoms with Gasteiger partial charge >= 0.3 is 0 Å². The van der Waals surface area contributed by atoms with Gasteiger partial charge in [-0.15, -0.1) is 11.3 Å². The van der Waals surface area contributed by atoms with E-state index < -0.39 is 23.3 Å². The summed E-state index contributed by atoms with van der Waals surface area (Å²) in [5, 5.41) is 16.2. The highest BCUT2D eigenvalue weighted by Crippen LogP contribution is 2.41. The Labute approximate surface area is 443 Å². The molecule has 18 heteroatoms. The highest BCUT2D eigenvalue weighted by molar-refractivity contribution is 7.13. The predicted molar refractivity (Wildman–Crippen MR) is 291 cm³/mol. The number of fused-ring (bicyclic) bond motifs is 1. The SMILES string of the molecule is Cc1ncsc1-c1ccc(CNC(=O)[C@@H]2CCCN2C(=O)[C@@H](NC(=O)CCCCCCCCCCCN2CCN(C(=O)c3ccc(Nc4nc(C5CC5)cn5c(-c6cn[nH]c6)cnc45)c(F)c3)CC2)C(C)(C)C)cc1. The van der Waals surface area contributed by atoms with E-state index in [0.717, 1.165) is 116 Å². The van der Waals surface area contributed by atoms with Gasteiger partial charge in [0.15, 0.2) is 11.5 Å². The van der Waals surface area contributed by atoms with Crippen molar-refractivity contribution in [3.8, 4) is 21.7 Å². The van der Waals surface area contributed by atoms with Crippen LogP contribution in [0.1, 0.15) is 144 Å². The maximum Gasteiger partial charge on any atom is 0.254 e. The quantitative estimate of drug-likeness (QED) is 0.0450. The lowest BCUT2D eigenvalue weighted by Crippen LogP contribution is -2.57. The first-order valence-corrected chi connectivity index (χ1v) is 28.0. The van der Waals surface area contributed by atoms with Crippen LogP contribution in [0.25, 0.3) is 27.3 Å². The third-order valence-electron chi connectivity index (χ3n) is 15.0. The number of carbonyl (C=O) groups is 4. The number of H-pyrrole nitrogens is 1. The topological polar surface area (TPSA) is 186 Å². The first-order valence-electron chi connectivity index (χ1n) is 27.1. The van der Waals surface area contributed by atoms with Gasteiger partial charge in [0, 0.05) is 75.1 Å². The van der Waals surface area contributed by atoms with Crippen molar-refractivity contribution in [3.63, 3.8) is 0 Å². The molecule has 0 radical (unpaired) electrons. The van der Waals surface area contributed by atoms with Crippen LogP contribution in [0.3, 0.4) is 0 Å². The Bertz CT molecular complexity index is 2900. The second-order valence-corrected chi connectivity index (χ2v) is 22.6. The Morgan fingerprint density at radius 1 is 0.853 bits per heavy atom. The molecule has 6 heterocycles. The van der Waals surface area contributed by atoms with Crippen LogP contribution in [0, 0.1) is 18.2 Å². The van der Waals surface area contributed by atoms with Crippen LogP contribution in [-0.4, -0.2) is 119 Å². The van der Waals surface area contributed by atoms with Gasteiger partial charge < -0.3 is 25.8 Å². The molecule has 16 nitrogen and oxygen atoms in total. The number of rotatable bonds is 23. The zero-order chi connectivity index (χ0) is 52.5. The van der Waals surface area contributed by atoms with Gasteiger partial charge in [-0.1, -0.05) is 90.0 Å². The maximum absolute atomic E-state index is 15.7. The summed E-state index contributed by atoms with van der Waals surface area (Å²) in [6.07, 6.45) is 20.9. The number of piperazine rings is 1. The van der Waals surface area contributed by atoms with E-state index in [1.54, 1.807) is 40.8 Å². The van der Waals surface area contributed by atoms with Gasteiger partial charge in [-0.3, -0.25) is 33.6 Å². The highest BCUT2D eigenvalue weighted by Gasteiger charge is 2.42. The summed E-state index contributed by atoms with van der Waals surface area (Å²) in [5.41, 5.74) is 8.23. The summed E-state index contributed by atoms with van der Waals surface area (Å²) in [6, 6.07) is 11.4. The van der Waals surface area contributed by atoms with Crippen LogP contribution in [0.4, 0.5) is 15.9 Å². The molecule has 2 aliphatic heterocycles. The summed E-state index contributed by atoms with van der Waals surface area (Å²) in [6.45, 7) is 12.6. The molecule has 3 fully saturated rings. The number of likely N-dealkylation sites (tertiary alicyclic amines) is 1. The predicted octanol–water partition coefficient (Wildman–Crippen LogP) is 9.81. The average molecular weight is 1040 g/mol. The van der Waals surface area contributed by atoms with E-state index in [1.807, 2.05) is 79.2 Å². The van der Waals surface area contributed by atoms with Crippen molar-refractivity contribution in [2.45, 2.75) is 142 Å². The molecule has 1 saturated carbocycles. The first-order chi connectivity index (χ1) is 36.3. The monoisotopic (exact) mass is 1040 g/mol. The van der Waals surface area contributed by atoms with E-state index in [1.165, 1.54) is 25.3 Å². The Hall–Kier alpha value is -6.53. The van der Waals surface area contributed by atoms with E-state index >= 15 is 4.39 Å². The number of unbranched alkanes of at least 4 members (excludes halogenated alkanes) is 8. The van der Waals surface area contributed by atoms with Crippen molar-refractivity contribution in [2.24, 2.45) is 5.41 Å². The number of hydrogen-bond acceptors (Lipinski definition) is 11. The van der Waals surface area contributed by atoms with E-state index in [-0.39, 0.29) is 29.3 Å². The molecule has 0 unspecified atom stereocenters. The summed E-state index contributed by atoms with van der Waals surface area (Å²) in [5.74, 6) is -0.330. The number of amides is 4. The van der Waals surface area contributed by atoms with Crippen LogP contribution in [-0.2, 0) is 20.9 Å². The summed E-state index contributed by atoms with van der Waals surface area (Å²) >= 11 is 1.61. The van der Waals surface area contributed by atoms with E-state index in [0.29, 0.717) is 62.0 Å². The Morgan fingerprint density at radius 2 is 1.59 bits per heavy atom. The van der Waals surface area contributed by atoms with Crippen LogP contribution in [0.5, 0.6) is 0 Å². The normalized spacial score (nSPS) is 16.6. The van der Waals surface area contributed by atoms with Crippen LogP contribution in [0.2, 0.25) is 0 Å². The van der Waals surface area contributed by atoms with Gasteiger partial charge in [-0.05, 0) is 86.7 Å². The van der Waals surface area contributed by atoms with Gasteiger partial charge in [0.25, 0.3) is 5.91 Å². The second-order valence-electron chi connectivity index (χ2n) is 21.7. The largest absolute Gasteiger partial charge is 0.350 e. The van der Waals surface area contributed by atoms with Crippen LogP contribution in [0.15, 0.2) is 72.8 Å². The molecule has 2 atom stereocenters. The Morgan fingerprint density at radius 3 is 2.25 bits per heavy atom. The number of nitrogens with one attached hydrogen (secondary N) is 4. The lowest BCUT2D eigenvalue weighted by molar-refractivity contribution is -0.143. The van der Waals surface area contributed by atoms with Gasteiger partial charge in [0.1, 0.15) is 17.9 Å². The number of anilines is 2. The number of hydrogen-bond donors (Lipinski definition) is 4. The molecule has 1 aliphatic carbocycles. The van der Waals surface area contributed by atoms with Crippen LogP contribution < -0.4 is 16.0 Å². The van der Waals surface area contributed by atoms with E-state index in [2.05, 4.69) is 41.0 Å². The smallest absolute Gasteiger partial charge is 0.254 e. The Kier molecular flexibility index (Phi) is 17.4. The van der Waals surface area contributed by atoms with Gasteiger partial charge in [0.05, 0.1) is 45.6 Å². The molecular formula is C57H73FN12O4S. The number of benzene rings is 2. The van der Waals surface area contributed by atoms with Crippen molar-refractivity contribution in [3.05, 3.63) is 101 Å². The fourth-order valence-electron chi connectivity index (χ4n) is 10.4. The molecule has 2 saturated heterocycles. The Balaban J connectivity index is 0.621. The summed E-state index contributed by atoms with van der Waals surface area (Å²) in [4.78, 5) is 75.0. The molecule has 4 N–H and O–H groups in total. The lowest BCUT2D eigenvalue weighted by Gasteiger charge is -2.35. The number of nitrogens with zero attached hydrogens (tertiary/aromatic N) is 8. The lowest BCUT2D eigenvalue weighted by atomic mass is 9.85. The zero-order valence-electron chi connectivity index (χ0n) is 44.0. The molecule has 398 valence electrons. The van der Waals surface area contributed by atoms with Crippen molar-refractivity contribution >= 4 is 52.1 Å². The summed E-state index contributed by atoms with van der Waals surface area (Å²) < 4.78 is 17.6. The number of thiazole rings is 1. The molecule has 2 aromatic carbocycles. The molecular weight excluding hydrogens is 968 g/mol. The number of halogens is 1. The number of aryl methyl sites for hydroxylation is 1. The highest BCUT2D eigenvalue weighted by atomic mass is 32.1. The molecule has 6 aromatic rings. The van der Waals surface area contributed by atoms with Crippen molar-refractivity contribution in [1.82, 2.24) is 54.9 Å². The van der Waals surface area contributed by atoms with Crippen molar-refractivity contribution in [2.75, 3.05) is 44.6 Å². The minimum absolute atomic E-state index is 0.120. The second kappa shape index (κ2) is 24.4. The van der Waals surface area contributed by atoms with Gasteiger partial charge in [-0.25, -0.2) is 19.3 Å². The minimum Gasteiger partial charge on any atom is -0.350 e. The van der Waals surface area contributed by atoms with Crippen molar-refractivity contribution in [1.29, 1.82) is 0 Å². The fourth-order valence-corrected chi connectivity index (χ4v) is 11.2. The minimum atomic E-state index is -0.723. The van der Waals surface area contributed by atoms with E-state index in [9.17, 15) is 19.2 Å². The fraction of sp³-hybridized carbons (Fsp3) is 0.509. The number of imidazole rings is 1. The molecule has 75 heavy (non-hydrogen) atoms. The molecule has 4 aromatic heterocycles.